The Kier molecular flexibility index (Phi) is 6.40. The van der Waals surface area contributed by atoms with E-state index in [1.54, 1.807) is 6.08 Å². The Bertz CT molecular complexity index is 612. The number of rotatable bonds is 8. The molecule has 2 amide bonds. The Morgan fingerprint density at radius 3 is 2.48 bits per heavy atom. The van der Waals surface area contributed by atoms with E-state index in [0.717, 1.165) is 30.2 Å². The summed E-state index contributed by atoms with van der Waals surface area (Å²) in [5.41, 5.74) is 0.895. The average molecular weight is 333 g/mol. The number of hydrogen-bond donors (Lipinski definition) is 1. The fourth-order valence-electron chi connectivity index (χ4n) is 2.29. The van der Waals surface area contributed by atoms with Gasteiger partial charge in [-0.1, -0.05) is 43.2 Å². The summed E-state index contributed by atoms with van der Waals surface area (Å²) in [5, 5.41) is 8.32. The molecule has 0 atom stereocenters. The van der Waals surface area contributed by atoms with Crippen molar-refractivity contribution < 1.29 is 19.5 Å². The van der Waals surface area contributed by atoms with Gasteiger partial charge in [0, 0.05) is 13.0 Å². The van der Waals surface area contributed by atoms with E-state index in [1.165, 1.54) is 4.90 Å². The van der Waals surface area contributed by atoms with Crippen molar-refractivity contribution >= 4 is 35.0 Å². The zero-order valence-corrected chi connectivity index (χ0v) is 13.6. The summed E-state index contributed by atoms with van der Waals surface area (Å²) >= 11 is 0.970. The molecule has 1 aliphatic rings. The van der Waals surface area contributed by atoms with Crippen molar-refractivity contribution in [3.8, 4) is 0 Å². The van der Waals surface area contributed by atoms with Crippen LogP contribution in [0.5, 0.6) is 0 Å². The molecule has 23 heavy (non-hydrogen) atoms. The van der Waals surface area contributed by atoms with Crippen LogP contribution in [0.25, 0.3) is 6.08 Å². The predicted molar refractivity (Wildman–Crippen MR) is 89.8 cm³/mol. The molecule has 1 fully saturated rings. The molecule has 122 valence electrons. The van der Waals surface area contributed by atoms with Crippen LogP contribution in [0.2, 0.25) is 0 Å². The van der Waals surface area contributed by atoms with Crippen molar-refractivity contribution in [1.29, 1.82) is 0 Å². The molecule has 1 aromatic rings. The van der Waals surface area contributed by atoms with Crippen LogP contribution in [0.3, 0.4) is 0 Å². The molecule has 0 unspecified atom stereocenters. The van der Waals surface area contributed by atoms with Crippen LogP contribution in [0, 0.1) is 0 Å². The third kappa shape index (κ3) is 5.25. The van der Waals surface area contributed by atoms with Gasteiger partial charge in [0.25, 0.3) is 11.1 Å². The van der Waals surface area contributed by atoms with E-state index in [9.17, 15) is 14.4 Å². The molecule has 1 heterocycles. The van der Waals surface area contributed by atoms with Gasteiger partial charge in [-0.2, -0.15) is 0 Å². The third-order valence-corrected chi connectivity index (χ3v) is 4.40. The van der Waals surface area contributed by atoms with Crippen LogP contribution in [-0.2, 0) is 9.59 Å². The molecular formula is C17H19NO4S. The quantitative estimate of drug-likeness (QED) is 0.579. The Morgan fingerprint density at radius 2 is 1.78 bits per heavy atom. The highest BCUT2D eigenvalue weighted by Crippen LogP contribution is 2.32. The molecular weight excluding hydrogens is 314 g/mol. The maximum Gasteiger partial charge on any atom is 0.303 e. The number of benzene rings is 1. The highest BCUT2D eigenvalue weighted by atomic mass is 32.2. The Morgan fingerprint density at radius 1 is 1.09 bits per heavy atom. The number of imide groups is 1. The number of carbonyl (C=O) groups is 3. The number of amides is 2. The first-order chi connectivity index (χ1) is 11.1. The second-order valence-corrected chi connectivity index (χ2v) is 6.30. The zero-order valence-electron chi connectivity index (χ0n) is 12.7. The van der Waals surface area contributed by atoms with Gasteiger partial charge in [-0.15, -0.1) is 0 Å². The highest BCUT2D eigenvalue weighted by molar-refractivity contribution is 8.18. The average Bonchev–Trinajstić information content (AvgIpc) is 2.78. The van der Waals surface area contributed by atoms with Crippen LogP contribution in [0.15, 0.2) is 35.2 Å². The van der Waals surface area contributed by atoms with Crippen molar-refractivity contribution in [2.45, 2.75) is 32.1 Å². The van der Waals surface area contributed by atoms with Crippen LogP contribution in [-0.4, -0.2) is 33.7 Å². The van der Waals surface area contributed by atoms with Gasteiger partial charge in [0.05, 0.1) is 4.91 Å². The van der Waals surface area contributed by atoms with Crippen LogP contribution in [0.1, 0.15) is 37.7 Å². The highest BCUT2D eigenvalue weighted by Gasteiger charge is 2.34. The standard InChI is InChI=1S/C17H19NO4S/c19-15(20)10-6-1-2-7-11-18-16(21)14(23-17(18)22)12-13-8-4-3-5-9-13/h3-5,8-9,12H,1-2,6-7,10-11H2,(H,19,20)/b14-12-. The third-order valence-electron chi connectivity index (χ3n) is 3.49. The smallest absolute Gasteiger partial charge is 0.303 e. The minimum absolute atomic E-state index is 0.168. The first-order valence-electron chi connectivity index (χ1n) is 7.60. The Balaban J connectivity index is 1.82. The number of carboxylic acid groups (broad SMARTS) is 1. The number of carboxylic acids is 1. The summed E-state index contributed by atoms with van der Waals surface area (Å²) in [6.45, 7) is 0.393. The summed E-state index contributed by atoms with van der Waals surface area (Å²) in [4.78, 5) is 36.3. The Labute approximate surface area is 139 Å². The van der Waals surface area contributed by atoms with Gasteiger partial charge in [-0.05, 0) is 36.2 Å². The van der Waals surface area contributed by atoms with Crippen LogP contribution in [0.4, 0.5) is 4.79 Å². The second kappa shape index (κ2) is 8.53. The minimum Gasteiger partial charge on any atom is -0.481 e. The van der Waals surface area contributed by atoms with Crippen molar-refractivity contribution in [3.63, 3.8) is 0 Å². The molecule has 0 spiro atoms. The van der Waals surface area contributed by atoms with E-state index in [4.69, 9.17) is 5.11 Å². The van der Waals surface area contributed by atoms with E-state index in [1.807, 2.05) is 30.3 Å². The van der Waals surface area contributed by atoms with Crippen LogP contribution < -0.4 is 0 Å². The molecule has 1 saturated heterocycles. The van der Waals surface area contributed by atoms with E-state index >= 15 is 0 Å². The van der Waals surface area contributed by atoms with Gasteiger partial charge in [-0.25, -0.2) is 0 Å². The van der Waals surface area contributed by atoms with Gasteiger partial charge >= 0.3 is 5.97 Å². The largest absolute Gasteiger partial charge is 0.481 e. The maximum atomic E-state index is 12.3. The van der Waals surface area contributed by atoms with Gasteiger partial charge in [0.2, 0.25) is 0 Å². The van der Waals surface area contributed by atoms with E-state index in [0.29, 0.717) is 24.3 Å². The van der Waals surface area contributed by atoms with Crippen molar-refractivity contribution in [2.24, 2.45) is 0 Å². The first-order valence-corrected chi connectivity index (χ1v) is 8.42. The Hall–Kier alpha value is -2.08. The number of hydrogen-bond acceptors (Lipinski definition) is 4. The van der Waals surface area contributed by atoms with Gasteiger partial charge in [0.15, 0.2) is 0 Å². The fraction of sp³-hybridized carbons (Fsp3) is 0.353. The SMILES string of the molecule is O=C(O)CCCCCCN1C(=O)S/C(=C\c2ccccc2)C1=O. The maximum absolute atomic E-state index is 12.3. The molecule has 0 radical (unpaired) electrons. The van der Waals surface area contributed by atoms with E-state index in [-0.39, 0.29) is 17.6 Å². The van der Waals surface area contributed by atoms with Gasteiger partial charge < -0.3 is 5.11 Å². The number of unbranched alkanes of at least 4 members (excludes halogenated alkanes) is 3. The number of aliphatic carboxylic acids is 1. The molecule has 5 nitrogen and oxygen atoms in total. The molecule has 1 N–H and O–H groups in total. The monoisotopic (exact) mass is 333 g/mol. The fourth-order valence-corrected chi connectivity index (χ4v) is 3.16. The number of nitrogens with zero attached hydrogens (tertiary/aromatic N) is 1. The lowest BCUT2D eigenvalue weighted by molar-refractivity contribution is -0.137. The van der Waals surface area contributed by atoms with E-state index in [2.05, 4.69) is 0 Å². The van der Waals surface area contributed by atoms with Crippen molar-refractivity contribution in [3.05, 3.63) is 40.8 Å². The number of thioether (sulfide) groups is 1. The molecule has 1 aliphatic heterocycles. The topological polar surface area (TPSA) is 74.7 Å². The molecule has 0 aromatic heterocycles. The minimum atomic E-state index is -0.790. The normalized spacial score (nSPS) is 16.3. The molecule has 0 aliphatic carbocycles. The molecule has 0 saturated carbocycles. The first kappa shape index (κ1) is 17.3. The van der Waals surface area contributed by atoms with Crippen LogP contribution >= 0.6 is 11.8 Å². The van der Waals surface area contributed by atoms with Gasteiger partial charge in [-0.3, -0.25) is 19.3 Å². The lowest BCUT2D eigenvalue weighted by Gasteiger charge is -2.11. The molecule has 6 heteroatoms. The summed E-state index contributed by atoms with van der Waals surface area (Å²) in [7, 11) is 0. The number of carbonyl (C=O) groups excluding carboxylic acids is 2. The summed E-state index contributed by atoms with van der Waals surface area (Å²) in [6.07, 6.45) is 4.84. The van der Waals surface area contributed by atoms with Gasteiger partial charge in [0.1, 0.15) is 0 Å². The molecule has 1 aromatic carbocycles. The van der Waals surface area contributed by atoms with Crippen molar-refractivity contribution in [1.82, 2.24) is 4.90 Å². The summed E-state index contributed by atoms with van der Waals surface area (Å²) < 4.78 is 0. The molecule has 2 rings (SSSR count). The lowest BCUT2D eigenvalue weighted by Crippen LogP contribution is -2.29. The predicted octanol–water partition coefficient (Wildman–Crippen LogP) is 3.76. The molecule has 0 bridgehead atoms. The zero-order chi connectivity index (χ0) is 16.7. The second-order valence-electron chi connectivity index (χ2n) is 5.30. The van der Waals surface area contributed by atoms with Crippen molar-refractivity contribution in [2.75, 3.05) is 6.54 Å². The summed E-state index contributed by atoms with van der Waals surface area (Å²) in [6, 6.07) is 9.43. The summed E-state index contributed by atoms with van der Waals surface area (Å²) in [5.74, 6) is -1.03. The lowest BCUT2D eigenvalue weighted by atomic mass is 10.1. The van der Waals surface area contributed by atoms with E-state index < -0.39 is 5.97 Å².